The van der Waals surface area contributed by atoms with Gasteiger partial charge < -0.3 is 9.88 Å². The molecule has 0 aliphatic heterocycles. The lowest BCUT2D eigenvalue weighted by Gasteiger charge is -2.07. The molecule has 1 N–H and O–H groups in total. The molecule has 1 aromatic carbocycles. The van der Waals surface area contributed by atoms with Crippen LogP contribution in [0.25, 0.3) is 17.4 Å². The average molecular weight is 382 g/mol. The smallest absolute Gasteiger partial charge is 0.248 e. The van der Waals surface area contributed by atoms with E-state index < -0.39 is 11.7 Å². The van der Waals surface area contributed by atoms with Crippen LogP contribution in [-0.4, -0.2) is 24.8 Å². The minimum Gasteiger partial charge on any atom is -0.322 e. The first-order valence-corrected chi connectivity index (χ1v) is 8.39. The van der Waals surface area contributed by atoms with Crippen LogP contribution in [0.3, 0.4) is 0 Å². The van der Waals surface area contributed by atoms with Gasteiger partial charge in [0.2, 0.25) is 5.91 Å². The molecule has 0 aliphatic carbocycles. The number of hydrogen-bond acceptors (Lipinski definition) is 3. The van der Waals surface area contributed by atoms with Gasteiger partial charge in [-0.3, -0.25) is 9.20 Å². The maximum atomic E-state index is 14.3. The summed E-state index contributed by atoms with van der Waals surface area (Å²) in [6.45, 7) is 0. The van der Waals surface area contributed by atoms with Crippen molar-refractivity contribution in [2.75, 3.05) is 5.32 Å². The largest absolute Gasteiger partial charge is 0.322 e. The quantitative estimate of drug-likeness (QED) is 0.544. The number of aromatic nitrogens is 4. The van der Waals surface area contributed by atoms with Crippen LogP contribution in [-0.2, 0) is 4.79 Å². The second kappa shape index (κ2) is 7.05. The van der Waals surface area contributed by atoms with Gasteiger partial charge in [-0.2, -0.15) is 0 Å². The lowest BCUT2D eigenvalue weighted by atomic mass is 10.2. The molecule has 0 bridgehead atoms. The van der Waals surface area contributed by atoms with Gasteiger partial charge in [0, 0.05) is 30.4 Å². The van der Waals surface area contributed by atoms with Gasteiger partial charge >= 0.3 is 0 Å². The van der Waals surface area contributed by atoms with Crippen LogP contribution in [0.2, 0.25) is 5.15 Å². The van der Waals surface area contributed by atoms with Gasteiger partial charge in [0.1, 0.15) is 11.5 Å². The Balaban J connectivity index is 1.51. The Morgan fingerprint density at radius 2 is 2.11 bits per heavy atom. The summed E-state index contributed by atoms with van der Waals surface area (Å²) in [5.74, 6) is -0.883. The van der Waals surface area contributed by atoms with Crippen LogP contribution in [0.4, 0.5) is 10.1 Å². The zero-order valence-electron chi connectivity index (χ0n) is 13.9. The Morgan fingerprint density at radius 1 is 1.22 bits per heavy atom. The highest BCUT2D eigenvalue weighted by atomic mass is 35.5. The number of imidazole rings is 2. The molecule has 0 radical (unpaired) electrons. The molecule has 8 heteroatoms. The van der Waals surface area contributed by atoms with E-state index in [2.05, 4.69) is 15.3 Å². The summed E-state index contributed by atoms with van der Waals surface area (Å²) < 4.78 is 17.6. The molecule has 27 heavy (non-hydrogen) atoms. The van der Waals surface area contributed by atoms with Gasteiger partial charge in [-0.15, -0.1) is 0 Å². The molecular formula is C19H13ClFN5O. The number of rotatable bonds is 4. The lowest BCUT2D eigenvalue weighted by Crippen LogP contribution is -2.08. The monoisotopic (exact) mass is 381 g/mol. The fourth-order valence-corrected chi connectivity index (χ4v) is 2.91. The molecule has 0 unspecified atom stereocenters. The molecule has 3 aromatic heterocycles. The molecule has 0 saturated heterocycles. The highest BCUT2D eigenvalue weighted by Crippen LogP contribution is 2.20. The molecule has 4 rings (SSSR count). The number of halogens is 2. The van der Waals surface area contributed by atoms with E-state index in [4.69, 9.17) is 11.6 Å². The molecule has 0 atom stereocenters. The summed E-state index contributed by atoms with van der Waals surface area (Å²) in [4.78, 5) is 20.3. The topological polar surface area (TPSA) is 64.2 Å². The predicted molar refractivity (Wildman–Crippen MR) is 101 cm³/mol. The highest BCUT2D eigenvalue weighted by Gasteiger charge is 2.09. The Bertz CT molecular complexity index is 1150. The summed E-state index contributed by atoms with van der Waals surface area (Å²) in [6.07, 6.45) is 9.39. The maximum absolute atomic E-state index is 14.3. The number of fused-ring (bicyclic) bond motifs is 1. The summed E-state index contributed by atoms with van der Waals surface area (Å²) in [5, 5.41) is 2.91. The van der Waals surface area contributed by atoms with Crippen LogP contribution >= 0.6 is 11.6 Å². The van der Waals surface area contributed by atoms with Crippen LogP contribution in [0.1, 0.15) is 5.69 Å². The van der Waals surface area contributed by atoms with Crippen molar-refractivity contribution in [3.63, 3.8) is 0 Å². The molecule has 3 heterocycles. The minimum atomic E-state index is -0.473. The van der Waals surface area contributed by atoms with E-state index in [1.54, 1.807) is 45.8 Å². The van der Waals surface area contributed by atoms with Crippen molar-refractivity contribution >= 4 is 34.9 Å². The standard InChI is InChI=1S/C19H13ClFN5O/c20-19-16(26-9-2-1-3-17(26)24-19)6-7-18(27)23-13-4-5-15(14(21)11-13)25-10-8-22-12-25/h1-12H,(H,23,27)/b7-6+. The molecule has 0 fully saturated rings. The van der Waals surface area contributed by atoms with E-state index in [-0.39, 0.29) is 0 Å². The second-order valence-corrected chi connectivity index (χ2v) is 6.03. The first-order valence-electron chi connectivity index (χ1n) is 8.01. The van der Waals surface area contributed by atoms with Gasteiger partial charge in [-0.05, 0) is 36.4 Å². The van der Waals surface area contributed by atoms with Crippen LogP contribution in [0.15, 0.2) is 67.4 Å². The van der Waals surface area contributed by atoms with Gasteiger partial charge in [0.15, 0.2) is 5.15 Å². The predicted octanol–water partition coefficient (Wildman–Crippen LogP) is 3.96. The van der Waals surface area contributed by atoms with E-state index in [0.29, 0.717) is 27.9 Å². The summed E-state index contributed by atoms with van der Waals surface area (Å²) in [5.41, 5.74) is 1.96. The fourth-order valence-electron chi connectivity index (χ4n) is 2.67. The van der Waals surface area contributed by atoms with Crippen molar-refractivity contribution in [2.24, 2.45) is 0 Å². The number of amides is 1. The molecule has 1 amide bonds. The van der Waals surface area contributed by atoms with Gasteiger partial charge in [-0.25, -0.2) is 14.4 Å². The van der Waals surface area contributed by atoms with E-state index in [1.165, 1.54) is 18.5 Å². The number of pyridine rings is 1. The molecular weight excluding hydrogens is 369 g/mol. The number of benzene rings is 1. The summed E-state index contributed by atoms with van der Waals surface area (Å²) in [7, 11) is 0. The van der Waals surface area contributed by atoms with Crippen molar-refractivity contribution in [1.82, 2.24) is 18.9 Å². The van der Waals surface area contributed by atoms with Crippen molar-refractivity contribution in [3.05, 3.63) is 84.1 Å². The molecule has 134 valence electrons. The fraction of sp³-hybridized carbons (Fsp3) is 0. The summed E-state index contributed by atoms with van der Waals surface area (Å²) >= 11 is 6.13. The van der Waals surface area contributed by atoms with E-state index in [0.717, 1.165) is 0 Å². The SMILES string of the molecule is O=C(/C=C/c1c(Cl)nc2ccccn12)Nc1ccc(-n2ccnc2)c(F)c1. The third-order valence-corrected chi connectivity index (χ3v) is 4.19. The number of hydrogen-bond donors (Lipinski definition) is 1. The third-order valence-electron chi connectivity index (χ3n) is 3.91. The molecule has 0 saturated carbocycles. The van der Waals surface area contributed by atoms with Gasteiger partial charge in [0.25, 0.3) is 0 Å². The van der Waals surface area contributed by atoms with Crippen LogP contribution in [0.5, 0.6) is 0 Å². The number of nitrogens with zero attached hydrogens (tertiary/aromatic N) is 4. The Kier molecular flexibility index (Phi) is 4.43. The first kappa shape index (κ1) is 17.0. The maximum Gasteiger partial charge on any atom is 0.248 e. The number of carbonyl (C=O) groups is 1. The molecule has 0 aliphatic rings. The second-order valence-electron chi connectivity index (χ2n) is 5.68. The van der Waals surface area contributed by atoms with Gasteiger partial charge in [0.05, 0.1) is 17.7 Å². The van der Waals surface area contributed by atoms with Crippen LogP contribution in [0, 0.1) is 5.82 Å². The minimum absolute atomic E-state index is 0.293. The van der Waals surface area contributed by atoms with Crippen molar-refractivity contribution in [2.45, 2.75) is 0 Å². The highest BCUT2D eigenvalue weighted by molar-refractivity contribution is 6.31. The molecule has 4 aromatic rings. The third kappa shape index (κ3) is 3.45. The van der Waals surface area contributed by atoms with E-state index in [1.807, 2.05) is 18.2 Å². The lowest BCUT2D eigenvalue weighted by molar-refractivity contribution is -0.111. The van der Waals surface area contributed by atoms with Crippen LogP contribution < -0.4 is 5.32 Å². The van der Waals surface area contributed by atoms with E-state index in [9.17, 15) is 9.18 Å². The number of nitrogens with one attached hydrogen (secondary N) is 1. The molecule has 6 nitrogen and oxygen atoms in total. The van der Waals surface area contributed by atoms with E-state index >= 15 is 0 Å². The molecule has 0 spiro atoms. The number of carbonyl (C=O) groups excluding carboxylic acids is 1. The van der Waals surface area contributed by atoms with Crippen molar-refractivity contribution < 1.29 is 9.18 Å². The normalized spacial score (nSPS) is 11.3. The van der Waals surface area contributed by atoms with Gasteiger partial charge in [-0.1, -0.05) is 17.7 Å². The average Bonchev–Trinajstić information content (AvgIpc) is 3.27. The van der Waals surface area contributed by atoms with Crippen molar-refractivity contribution in [1.29, 1.82) is 0 Å². The van der Waals surface area contributed by atoms with Crippen molar-refractivity contribution in [3.8, 4) is 5.69 Å². The number of anilines is 1. The summed E-state index contributed by atoms with van der Waals surface area (Å²) in [6, 6.07) is 9.94. The Hall–Kier alpha value is -3.45. The zero-order valence-corrected chi connectivity index (χ0v) is 14.6. The Labute approximate surface area is 158 Å². The first-order chi connectivity index (χ1) is 13.1. The Morgan fingerprint density at radius 3 is 2.89 bits per heavy atom. The zero-order chi connectivity index (χ0) is 18.8.